The fourth-order valence-corrected chi connectivity index (χ4v) is 2.29. The van der Waals surface area contributed by atoms with E-state index < -0.39 is 0 Å². The standard InChI is InChI=1S/C9H11N3S2/c1-13-7-9-5-12(11-10-9)4-8-2-3-14-6-8/h2-3,5-6H,4,7H2,1H3. The lowest BCUT2D eigenvalue weighted by molar-refractivity contribution is 0.650. The topological polar surface area (TPSA) is 30.7 Å². The molecule has 3 nitrogen and oxygen atoms in total. The third kappa shape index (κ3) is 2.36. The van der Waals surface area contributed by atoms with E-state index in [-0.39, 0.29) is 0 Å². The second kappa shape index (κ2) is 4.61. The van der Waals surface area contributed by atoms with E-state index in [0.717, 1.165) is 18.0 Å². The van der Waals surface area contributed by atoms with Crippen LogP contribution in [0.4, 0.5) is 0 Å². The summed E-state index contributed by atoms with van der Waals surface area (Å²) in [4.78, 5) is 0. The Morgan fingerprint density at radius 1 is 1.57 bits per heavy atom. The minimum absolute atomic E-state index is 0.824. The van der Waals surface area contributed by atoms with Gasteiger partial charge >= 0.3 is 0 Å². The molecule has 2 aromatic rings. The van der Waals surface area contributed by atoms with Crippen LogP contribution in [0.15, 0.2) is 23.0 Å². The number of aromatic nitrogens is 3. The molecule has 0 unspecified atom stereocenters. The Morgan fingerprint density at radius 3 is 3.21 bits per heavy atom. The number of thioether (sulfide) groups is 1. The maximum atomic E-state index is 4.08. The van der Waals surface area contributed by atoms with Crippen molar-refractivity contribution < 1.29 is 0 Å². The van der Waals surface area contributed by atoms with Crippen molar-refractivity contribution in [2.75, 3.05) is 6.26 Å². The monoisotopic (exact) mass is 225 g/mol. The highest BCUT2D eigenvalue weighted by Crippen LogP contribution is 2.09. The Hall–Kier alpha value is -0.810. The number of thiophene rings is 1. The SMILES string of the molecule is CSCc1cn(Cc2ccsc2)nn1. The molecule has 0 bridgehead atoms. The fourth-order valence-electron chi connectivity index (χ4n) is 1.20. The average Bonchev–Trinajstić information content (AvgIpc) is 2.79. The van der Waals surface area contributed by atoms with Crippen LogP contribution in [-0.2, 0) is 12.3 Å². The zero-order valence-electron chi connectivity index (χ0n) is 7.88. The van der Waals surface area contributed by atoms with Gasteiger partial charge in [-0.25, -0.2) is 4.68 Å². The summed E-state index contributed by atoms with van der Waals surface area (Å²) < 4.78 is 1.88. The normalized spacial score (nSPS) is 10.6. The molecular formula is C9H11N3S2. The minimum Gasteiger partial charge on any atom is -0.248 e. The quantitative estimate of drug-likeness (QED) is 0.799. The predicted molar refractivity (Wildman–Crippen MR) is 60.7 cm³/mol. The molecule has 2 heterocycles. The molecule has 0 aliphatic carbocycles. The summed E-state index contributed by atoms with van der Waals surface area (Å²) in [6.07, 6.45) is 4.08. The maximum absolute atomic E-state index is 4.08. The summed E-state index contributed by atoms with van der Waals surface area (Å²) in [7, 11) is 0. The molecule has 0 saturated heterocycles. The Balaban J connectivity index is 2.03. The first kappa shape index (κ1) is 9.73. The Kier molecular flexibility index (Phi) is 3.21. The predicted octanol–water partition coefficient (Wildman–Crippen LogP) is 2.25. The third-order valence-electron chi connectivity index (χ3n) is 1.80. The first-order valence-corrected chi connectivity index (χ1v) is 6.61. The molecular weight excluding hydrogens is 214 g/mol. The molecule has 0 saturated carbocycles. The van der Waals surface area contributed by atoms with Crippen LogP contribution >= 0.6 is 23.1 Å². The van der Waals surface area contributed by atoms with Gasteiger partial charge in [-0.15, -0.1) is 5.10 Å². The second-order valence-corrected chi connectivity index (χ2v) is 4.62. The highest BCUT2D eigenvalue weighted by molar-refractivity contribution is 7.97. The van der Waals surface area contributed by atoms with Crippen molar-refractivity contribution in [1.82, 2.24) is 15.0 Å². The average molecular weight is 225 g/mol. The molecule has 14 heavy (non-hydrogen) atoms. The summed E-state index contributed by atoms with van der Waals surface area (Å²) in [5, 5.41) is 12.4. The van der Waals surface area contributed by atoms with Gasteiger partial charge in [-0.1, -0.05) is 5.21 Å². The van der Waals surface area contributed by atoms with E-state index in [1.807, 2.05) is 10.9 Å². The molecule has 0 aromatic carbocycles. The summed E-state index contributed by atoms with van der Waals surface area (Å²) in [5.74, 6) is 0.934. The summed E-state index contributed by atoms with van der Waals surface area (Å²) in [6.45, 7) is 0.824. The lowest BCUT2D eigenvalue weighted by Gasteiger charge is -1.95. The molecule has 0 radical (unpaired) electrons. The van der Waals surface area contributed by atoms with Crippen LogP contribution in [0.5, 0.6) is 0 Å². The van der Waals surface area contributed by atoms with Crippen molar-refractivity contribution in [3.8, 4) is 0 Å². The van der Waals surface area contributed by atoms with Crippen molar-refractivity contribution >= 4 is 23.1 Å². The lowest BCUT2D eigenvalue weighted by Crippen LogP contribution is -1.98. The number of hydrogen-bond donors (Lipinski definition) is 0. The van der Waals surface area contributed by atoms with Crippen LogP contribution in [0.3, 0.4) is 0 Å². The number of nitrogens with zero attached hydrogens (tertiary/aromatic N) is 3. The van der Waals surface area contributed by atoms with Crippen LogP contribution in [0, 0.1) is 0 Å². The molecule has 0 N–H and O–H groups in total. The fraction of sp³-hybridized carbons (Fsp3) is 0.333. The van der Waals surface area contributed by atoms with Crippen LogP contribution in [0.1, 0.15) is 11.3 Å². The number of hydrogen-bond acceptors (Lipinski definition) is 4. The van der Waals surface area contributed by atoms with Gasteiger partial charge in [-0.3, -0.25) is 0 Å². The van der Waals surface area contributed by atoms with Gasteiger partial charge in [0.25, 0.3) is 0 Å². The Labute approximate surface area is 91.1 Å². The Bertz CT molecular complexity index is 380. The van der Waals surface area contributed by atoms with Crippen molar-refractivity contribution in [1.29, 1.82) is 0 Å². The van der Waals surface area contributed by atoms with Crippen molar-refractivity contribution in [2.45, 2.75) is 12.3 Å². The summed E-state index contributed by atoms with van der Waals surface area (Å²) >= 11 is 3.47. The Morgan fingerprint density at radius 2 is 2.50 bits per heavy atom. The van der Waals surface area contributed by atoms with Crippen molar-refractivity contribution in [3.05, 3.63) is 34.3 Å². The molecule has 0 amide bonds. The summed E-state index contributed by atoms with van der Waals surface area (Å²) in [5.41, 5.74) is 2.34. The molecule has 2 rings (SSSR count). The second-order valence-electron chi connectivity index (χ2n) is 2.97. The lowest BCUT2D eigenvalue weighted by atomic mass is 10.3. The summed E-state index contributed by atoms with van der Waals surface area (Å²) in [6, 6.07) is 2.11. The van der Waals surface area contributed by atoms with Gasteiger partial charge in [0.05, 0.1) is 12.2 Å². The molecule has 0 aliphatic rings. The van der Waals surface area contributed by atoms with E-state index in [1.165, 1.54) is 5.56 Å². The molecule has 2 aromatic heterocycles. The van der Waals surface area contributed by atoms with Crippen molar-refractivity contribution in [3.63, 3.8) is 0 Å². The third-order valence-corrected chi connectivity index (χ3v) is 3.12. The zero-order chi connectivity index (χ0) is 9.80. The highest BCUT2D eigenvalue weighted by Gasteiger charge is 2.00. The largest absolute Gasteiger partial charge is 0.248 e. The molecule has 74 valence electrons. The molecule has 0 aliphatic heterocycles. The van der Waals surface area contributed by atoms with Gasteiger partial charge in [0, 0.05) is 11.9 Å². The van der Waals surface area contributed by atoms with Gasteiger partial charge in [0.1, 0.15) is 0 Å². The van der Waals surface area contributed by atoms with Gasteiger partial charge in [-0.05, 0) is 28.6 Å². The first-order valence-electron chi connectivity index (χ1n) is 4.27. The van der Waals surface area contributed by atoms with Crippen molar-refractivity contribution in [2.24, 2.45) is 0 Å². The van der Waals surface area contributed by atoms with E-state index in [4.69, 9.17) is 0 Å². The number of rotatable bonds is 4. The van der Waals surface area contributed by atoms with Gasteiger partial charge in [0.15, 0.2) is 0 Å². The van der Waals surface area contributed by atoms with Gasteiger partial charge < -0.3 is 0 Å². The molecule has 0 spiro atoms. The van der Waals surface area contributed by atoms with Crippen LogP contribution in [-0.4, -0.2) is 21.2 Å². The maximum Gasteiger partial charge on any atom is 0.0925 e. The van der Waals surface area contributed by atoms with E-state index in [0.29, 0.717) is 0 Å². The van der Waals surface area contributed by atoms with E-state index in [1.54, 1.807) is 23.1 Å². The molecule has 0 atom stereocenters. The van der Waals surface area contributed by atoms with Crippen LogP contribution < -0.4 is 0 Å². The van der Waals surface area contributed by atoms with Crippen LogP contribution in [0.2, 0.25) is 0 Å². The molecule has 0 fully saturated rings. The van der Waals surface area contributed by atoms with Gasteiger partial charge in [0.2, 0.25) is 0 Å². The van der Waals surface area contributed by atoms with Gasteiger partial charge in [-0.2, -0.15) is 23.1 Å². The van der Waals surface area contributed by atoms with E-state index in [2.05, 4.69) is 33.4 Å². The van der Waals surface area contributed by atoms with E-state index in [9.17, 15) is 0 Å². The first-order chi connectivity index (χ1) is 6.88. The molecule has 5 heteroatoms. The zero-order valence-corrected chi connectivity index (χ0v) is 9.51. The highest BCUT2D eigenvalue weighted by atomic mass is 32.2. The minimum atomic E-state index is 0.824. The van der Waals surface area contributed by atoms with Crippen LogP contribution in [0.25, 0.3) is 0 Å². The smallest absolute Gasteiger partial charge is 0.0925 e. The van der Waals surface area contributed by atoms with E-state index >= 15 is 0 Å².